The zero-order chi connectivity index (χ0) is 12.7. The first-order valence-corrected chi connectivity index (χ1v) is 11.0. The second-order valence-corrected chi connectivity index (χ2v) is 8.20. The molecular weight excluding hydrogens is 296 g/mol. The number of hydrogen-bond donors (Lipinski definition) is 0. The van der Waals surface area contributed by atoms with Crippen molar-refractivity contribution in [1.29, 1.82) is 0 Å². The van der Waals surface area contributed by atoms with Crippen molar-refractivity contribution in [3.8, 4) is 0 Å². The summed E-state index contributed by atoms with van der Waals surface area (Å²) in [5, 5.41) is 9.12. The predicted molar refractivity (Wildman–Crippen MR) is 95.8 cm³/mol. The molecule has 0 aromatic heterocycles. The molecule has 0 aliphatic carbocycles. The first-order chi connectivity index (χ1) is 9.00. The van der Waals surface area contributed by atoms with Gasteiger partial charge in [-0.15, -0.1) is 47.0 Å². The molecule has 1 heterocycles. The third-order valence-electron chi connectivity index (χ3n) is 2.54. The minimum atomic E-state index is 1.29. The Morgan fingerprint density at radius 1 is 0.389 bits per heavy atom. The molecule has 0 N–H and O–H groups in total. The summed E-state index contributed by atoms with van der Waals surface area (Å²) in [5.41, 5.74) is 0. The highest BCUT2D eigenvalue weighted by Crippen LogP contribution is 2.17. The molecule has 0 atom stereocenters. The largest absolute Gasteiger partial charge is 0.134 e. The molecule has 0 bridgehead atoms. The maximum atomic E-state index is 2.28. The first kappa shape index (κ1) is 16.9. The Hall–Kier alpha value is 0.880. The van der Waals surface area contributed by atoms with Gasteiger partial charge in [0.05, 0.1) is 0 Å². The van der Waals surface area contributed by atoms with Crippen LogP contribution in [0, 0.1) is 0 Å². The third kappa shape index (κ3) is 11.9. The molecule has 0 saturated carbocycles. The van der Waals surface area contributed by atoms with Gasteiger partial charge in [-0.3, -0.25) is 0 Å². The summed E-state index contributed by atoms with van der Waals surface area (Å²) in [4.78, 5) is 0. The van der Waals surface area contributed by atoms with Crippen LogP contribution in [0.3, 0.4) is 0 Å². The van der Waals surface area contributed by atoms with E-state index in [-0.39, 0.29) is 0 Å². The zero-order valence-electron chi connectivity index (χ0n) is 11.0. The number of rotatable bonds is 0. The summed E-state index contributed by atoms with van der Waals surface area (Å²) in [6.45, 7) is 0. The predicted octanol–water partition coefficient (Wildman–Crippen LogP) is 6.22. The van der Waals surface area contributed by atoms with E-state index in [0.29, 0.717) is 0 Å². The van der Waals surface area contributed by atoms with Crippen LogP contribution in [0.4, 0.5) is 0 Å². The van der Waals surface area contributed by atoms with E-state index in [9.17, 15) is 0 Å². The monoisotopic (exact) mass is 320 g/mol. The van der Waals surface area contributed by atoms with Crippen molar-refractivity contribution in [2.24, 2.45) is 0 Å². The molecule has 0 radical (unpaired) electrons. The Morgan fingerprint density at radius 3 is 0.944 bits per heavy atom. The van der Waals surface area contributed by atoms with Crippen LogP contribution >= 0.6 is 47.0 Å². The summed E-state index contributed by atoms with van der Waals surface area (Å²) >= 11 is 7.88. The van der Waals surface area contributed by atoms with Crippen molar-refractivity contribution in [3.05, 3.63) is 21.6 Å². The lowest BCUT2D eigenvalue weighted by atomic mass is 10.3. The molecule has 0 aromatic carbocycles. The van der Waals surface area contributed by atoms with E-state index < -0.39 is 0 Å². The Kier molecular flexibility index (Phi) is 13.4. The van der Waals surface area contributed by atoms with Crippen molar-refractivity contribution in [2.45, 2.75) is 38.5 Å². The smallest absolute Gasteiger partial charge is 0.00258 e. The fraction of sp³-hybridized carbons (Fsp3) is 0.714. The van der Waals surface area contributed by atoms with E-state index >= 15 is 0 Å². The summed E-state index contributed by atoms with van der Waals surface area (Å²) in [6, 6.07) is 0. The summed E-state index contributed by atoms with van der Waals surface area (Å²) in [7, 11) is 0. The van der Waals surface area contributed by atoms with Crippen molar-refractivity contribution >= 4 is 47.0 Å². The van der Waals surface area contributed by atoms with Gasteiger partial charge in [-0.05, 0) is 70.3 Å². The highest BCUT2D eigenvalue weighted by molar-refractivity contribution is 8.05. The highest BCUT2D eigenvalue weighted by Gasteiger charge is 1.92. The first-order valence-electron chi connectivity index (χ1n) is 6.76. The summed E-state index contributed by atoms with van der Waals surface area (Å²) < 4.78 is 0. The normalized spacial score (nSPS) is 25.8. The van der Waals surface area contributed by atoms with Crippen molar-refractivity contribution in [2.75, 3.05) is 23.0 Å². The molecule has 1 rings (SSSR count). The number of thioether (sulfide) groups is 4. The molecule has 104 valence electrons. The molecule has 0 saturated heterocycles. The van der Waals surface area contributed by atoms with E-state index in [1.807, 2.05) is 47.0 Å². The quantitative estimate of drug-likeness (QED) is 0.519. The van der Waals surface area contributed by atoms with Gasteiger partial charge in [0.25, 0.3) is 0 Å². The van der Waals surface area contributed by atoms with Crippen LogP contribution in [0.2, 0.25) is 0 Å². The summed E-state index contributed by atoms with van der Waals surface area (Å²) in [5.74, 6) is 5.14. The van der Waals surface area contributed by atoms with Crippen LogP contribution in [0.1, 0.15) is 38.5 Å². The van der Waals surface area contributed by atoms with Crippen molar-refractivity contribution < 1.29 is 0 Å². The van der Waals surface area contributed by atoms with Gasteiger partial charge in [0, 0.05) is 0 Å². The molecular formula is C14H24S4. The minimum absolute atomic E-state index is 1.29. The van der Waals surface area contributed by atoms with Crippen molar-refractivity contribution in [1.82, 2.24) is 0 Å². The Labute approximate surface area is 130 Å². The lowest BCUT2D eigenvalue weighted by Gasteiger charge is -2.00. The molecule has 0 unspecified atom stereocenters. The molecule has 0 amide bonds. The van der Waals surface area contributed by atoms with E-state index in [1.165, 1.54) is 61.5 Å². The number of hydrogen-bond acceptors (Lipinski definition) is 4. The molecule has 18 heavy (non-hydrogen) atoms. The van der Waals surface area contributed by atoms with Crippen LogP contribution in [0.15, 0.2) is 21.6 Å². The van der Waals surface area contributed by atoms with Gasteiger partial charge >= 0.3 is 0 Å². The summed E-state index contributed by atoms with van der Waals surface area (Å²) in [6.07, 6.45) is 8.19. The van der Waals surface area contributed by atoms with Gasteiger partial charge in [-0.25, -0.2) is 0 Å². The van der Waals surface area contributed by atoms with E-state index in [1.54, 1.807) is 0 Å². The van der Waals surface area contributed by atoms with Crippen LogP contribution in [0.5, 0.6) is 0 Å². The van der Waals surface area contributed by atoms with Gasteiger partial charge in [-0.2, -0.15) is 0 Å². The second-order valence-electron chi connectivity index (χ2n) is 4.15. The minimum Gasteiger partial charge on any atom is -0.134 e. The maximum absolute atomic E-state index is 2.28. The van der Waals surface area contributed by atoms with Gasteiger partial charge < -0.3 is 0 Å². The lowest BCUT2D eigenvalue weighted by Crippen LogP contribution is -1.83. The SMILES string of the molecule is C1=C\SCCCCCS/C=C\SCCCCCS/1. The van der Waals surface area contributed by atoms with Gasteiger partial charge in [0.2, 0.25) is 0 Å². The maximum Gasteiger partial charge on any atom is -0.00258 e. The average molecular weight is 321 g/mol. The molecule has 0 aromatic rings. The van der Waals surface area contributed by atoms with Gasteiger partial charge in [0.15, 0.2) is 0 Å². The molecule has 1 aliphatic rings. The zero-order valence-corrected chi connectivity index (χ0v) is 14.3. The second kappa shape index (κ2) is 14.3. The third-order valence-corrected chi connectivity index (χ3v) is 6.30. The fourth-order valence-corrected chi connectivity index (χ4v) is 4.81. The topological polar surface area (TPSA) is 0 Å². The van der Waals surface area contributed by atoms with E-state index in [2.05, 4.69) is 21.6 Å². The molecule has 0 nitrogen and oxygen atoms in total. The Balaban J connectivity index is 2.12. The van der Waals surface area contributed by atoms with E-state index in [4.69, 9.17) is 0 Å². The fourth-order valence-electron chi connectivity index (χ4n) is 1.52. The molecule has 1 aliphatic heterocycles. The van der Waals surface area contributed by atoms with Gasteiger partial charge in [-0.1, -0.05) is 12.8 Å². The van der Waals surface area contributed by atoms with Crippen LogP contribution < -0.4 is 0 Å². The van der Waals surface area contributed by atoms with Crippen molar-refractivity contribution in [3.63, 3.8) is 0 Å². The molecule has 4 heteroatoms. The highest BCUT2D eigenvalue weighted by atomic mass is 32.2. The molecule has 0 fully saturated rings. The van der Waals surface area contributed by atoms with Crippen LogP contribution in [0.25, 0.3) is 0 Å². The standard InChI is InChI=1S/C14H24S4/c1-3-7-15-11-13-17-9-5-2-6-10-18-14-12-16-8-4-1/h11-14H,1-10H2/b13-11-,14-12-. The molecule has 0 spiro atoms. The average Bonchev–Trinajstić information content (AvgIpc) is 2.39. The van der Waals surface area contributed by atoms with E-state index in [0.717, 1.165) is 0 Å². The van der Waals surface area contributed by atoms with Gasteiger partial charge in [0.1, 0.15) is 0 Å². The Bertz CT molecular complexity index is 182. The van der Waals surface area contributed by atoms with Crippen LogP contribution in [-0.2, 0) is 0 Å². The van der Waals surface area contributed by atoms with Crippen LogP contribution in [-0.4, -0.2) is 23.0 Å². The Morgan fingerprint density at radius 2 is 0.667 bits per heavy atom. The lowest BCUT2D eigenvalue weighted by molar-refractivity contribution is 0.786.